The normalized spacial score (nSPS) is 21.6. The molecular weight excluding hydrogens is 262 g/mol. The minimum absolute atomic E-state index is 0.0408. The van der Waals surface area contributed by atoms with E-state index >= 15 is 0 Å². The van der Waals surface area contributed by atoms with E-state index in [-0.39, 0.29) is 18.7 Å². The lowest BCUT2D eigenvalue weighted by Gasteiger charge is -2.35. The fraction of sp³-hybridized carbons (Fsp3) is 0.846. The van der Waals surface area contributed by atoms with Crippen LogP contribution in [-0.2, 0) is 9.53 Å². The molecule has 20 heavy (non-hydrogen) atoms. The highest BCUT2D eigenvalue weighted by molar-refractivity contribution is 5.74. The van der Waals surface area contributed by atoms with Crippen molar-refractivity contribution in [2.75, 3.05) is 45.9 Å². The third kappa shape index (κ3) is 4.35. The number of carbonyl (C=O) groups is 2. The molecule has 0 saturated carbocycles. The van der Waals surface area contributed by atoms with Gasteiger partial charge in [0.15, 0.2) is 0 Å². The quantitative estimate of drug-likeness (QED) is 0.761. The zero-order valence-electron chi connectivity index (χ0n) is 11.7. The minimum Gasteiger partial charge on any atom is -0.480 e. The molecule has 0 bridgehead atoms. The number of carboxylic acids is 1. The van der Waals surface area contributed by atoms with Crippen molar-refractivity contribution < 1.29 is 19.4 Å². The summed E-state index contributed by atoms with van der Waals surface area (Å²) in [4.78, 5) is 26.6. The number of ether oxygens (including phenoxy) is 1. The van der Waals surface area contributed by atoms with Crippen LogP contribution in [0.4, 0.5) is 4.79 Å². The second-order valence-electron chi connectivity index (χ2n) is 5.26. The lowest BCUT2D eigenvalue weighted by molar-refractivity contribution is -0.145. The second kappa shape index (κ2) is 7.44. The van der Waals surface area contributed by atoms with Gasteiger partial charge in [-0.1, -0.05) is 0 Å². The number of hydrogen-bond donors (Lipinski definition) is 2. The van der Waals surface area contributed by atoms with Gasteiger partial charge in [0.05, 0.1) is 6.10 Å². The third-order valence-corrected chi connectivity index (χ3v) is 3.77. The van der Waals surface area contributed by atoms with Crippen molar-refractivity contribution in [2.45, 2.75) is 25.4 Å². The van der Waals surface area contributed by atoms with E-state index in [1.165, 1.54) is 0 Å². The molecule has 2 aliphatic rings. The number of hydrogen-bond acceptors (Lipinski definition) is 4. The first-order valence-electron chi connectivity index (χ1n) is 7.25. The molecule has 2 fully saturated rings. The third-order valence-electron chi connectivity index (χ3n) is 3.77. The first kappa shape index (κ1) is 15.1. The molecule has 2 amide bonds. The lowest BCUT2D eigenvalue weighted by Crippen LogP contribution is -2.48. The highest BCUT2D eigenvalue weighted by Crippen LogP contribution is 2.15. The maximum atomic E-state index is 12.4. The number of rotatable bonds is 3. The predicted octanol–water partition coefficient (Wildman–Crippen LogP) is -0.0327. The number of carboxylic acid groups (broad SMARTS) is 1. The van der Waals surface area contributed by atoms with Crippen molar-refractivity contribution in [1.82, 2.24) is 15.1 Å². The van der Waals surface area contributed by atoms with Gasteiger partial charge in [-0.2, -0.15) is 0 Å². The van der Waals surface area contributed by atoms with Gasteiger partial charge in [0.1, 0.15) is 6.61 Å². The van der Waals surface area contributed by atoms with Crippen LogP contribution in [0.15, 0.2) is 0 Å². The molecule has 0 radical (unpaired) electrons. The molecule has 2 N–H and O–H groups in total. The Labute approximate surface area is 118 Å². The first-order valence-corrected chi connectivity index (χ1v) is 7.25. The van der Waals surface area contributed by atoms with E-state index in [4.69, 9.17) is 9.84 Å². The van der Waals surface area contributed by atoms with Crippen molar-refractivity contribution >= 4 is 12.0 Å². The SMILES string of the molecule is O=C(O)COC1CCN(C(=O)N2CCCNCC2)CC1. The average molecular weight is 285 g/mol. The Kier molecular flexibility index (Phi) is 5.60. The maximum Gasteiger partial charge on any atom is 0.329 e. The van der Waals surface area contributed by atoms with Crippen LogP contribution >= 0.6 is 0 Å². The van der Waals surface area contributed by atoms with Crippen LogP contribution in [0.5, 0.6) is 0 Å². The fourth-order valence-corrected chi connectivity index (χ4v) is 2.64. The molecule has 0 aromatic rings. The Morgan fingerprint density at radius 1 is 1.10 bits per heavy atom. The van der Waals surface area contributed by atoms with Gasteiger partial charge in [0, 0.05) is 32.7 Å². The number of amides is 2. The highest BCUT2D eigenvalue weighted by Gasteiger charge is 2.27. The smallest absolute Gasteiger partial charge is 0.329 e. The van der Waals surface area contributed by atoms with Crippen molar-refractivity contribution in [3.8, 4) is 0 Å². The largest absolute Gasteiger partial charge is 0.480 e. The number of likely N-dealkylation sites (tertiary alicyclic amines) is 1. The Morgan fingerprint density at radius 2 is 1.80 bits per heavy atom. The summed E-state index contributed by atoms with van der Waals surface area (Å²) < 4.78 is 5.28. The second-order valence-corrected chi connectivity index (χ2v) is 5.26. The van der Waals surface area contributed by atoms with Gasteiger partial charge < -0.3 is 25.0 Å². The summed E-state index contributed by atoms with van der Waals surface area (Å²) in [5, 5.41) is 11.9. The molecule has 0 spiro atoms. The Bertz CT molecular complexity index is 335. The average Bonchev–Trinajstić information content (AvgIpc) is 2.74. The van der Waals surface area contributed by atoms with E-state index in [0.29, 0.717) is 25.9 Å². The summed E-state index contributed by atoms with van der Waals surface area (Å²) in [6.45, 7) is 4.42. The zero-order chi connectivity index (χ0) is 14.4. The number of nitrogens with zero attached hydrogens (tertiary/aromatic N) is 2. The molecule has 7 nitrogen and oxygen atoms in total. The summed E-state index contributed by atoms with van der Waals surface area (Å²) in [5.41, 5.74) is 0. The molecular formula is C13H23N3O4. The summed E-state index contributed by atoms with van der Waals surface area (Å²) >= 11 is 0. The van der Waals surface area contributed by atoms with E-state index in [1.54, 1.807) is 0 Å². The number of nitrogens with one attached hydrogen (secondary N) is 1. The topological polar surface area (TPSA) is 82.1 Å². The summed E-state index contributed by atoms with van der Waals surface area (Å²) in [6, 6.07) is 0.102. The predicted molar refractivity (Wildman–Crippen MR) is 72.6 cm³/mol. The van der Waals surface area contributed by atoms with Gasteiger partial charge in [-0.25, -0.2) is 9.59 Å². The number of aliphatic carboxylic acids is 1. The zero-order valence-corrected chi connectivity index (χ0v) is 11.7. The Morgan fingerprint density at radius 3 is 2.50 bits per heavy atom. The summed E-state index contributed by atoms with van der Waals surface area (Å²) in [7, 11) is 0. The molecule has 2 saturated heterocycles. The van der Waals surface area contributed by atoms with Crippen molar-refractivity contribution in [3.05, 3.63) is 0 Å². The molecule has 2 aliphatic heterocycles. The van der Waals surface area contributed by atoms with Gasteiger partial charge in [0.2, 0.25) is 0 Å². The summed E-state index contributed by atoms with van der Waals surface area (Å²) in [6.07, 6.45) is 2.38. The van der Waals surface area contributed by atoms with Gasteiger partial charge >= 0.3 is 12.0 Å². The maximum absolute atomic E-state index is 12.4. The van der Waals surface area contributed by atoms with Gasteiger partial charge in [-0.3, -0.25) is 0 Å². The van der Waals surface area contributed by atoms with Crippen LogP contribution in [0.1, 0.15) is 19.3 Å². The molecule has 2 heterocycles. The Balaban J connectivity index is 1.74. The monoisotopic (exact) mass is 285 g/mol. The molecule has 0 atom stereocenters. The molecule has 7 heteroatoms. The van der Waals surface area contributed by atoms with Crippen LogP contribution < -0.4 is 5.32 Å². The van der Waals surface area contributed by atoms with Crippen LogP contribution in [-0.4, -0.2) is 78.9 Å². The van der Waals surface area contributed by atoms with Crippen LogP contribution in [0, 0.1) is 0 Å². The van der Waals surface area contributed by atoms with Gasteiger partial charge in [-0.05, 0) is 25.8 Å². The van der Waals surface area contributed by atoms with Crippen LogP contribution in [0.25, 0.3) is 0 Å². The minimum atomic E-state index is -0.944. The van der Waals surface area contributed by atoms with E-state index in [0.717, 1.165) is 32.6 Å². The Hall–Kier alpha value is -1.34. The molecule has 0 aromatic carbocycles. The van der Waals surface area contributed by atoms with E-state index in [9.17, 15) is 9.59 Å². The van der Waals surface area contributed by atoms with Gasteiger partial charge in [-0.15, -0.1) is 0 Å². The summed E-state index contributed by atoms with van der Waals surface area (Å²) in [5.74, 6) is -0.944. The number of carbonyl (C=O) groups excluding carboxylic acids is 1. The molecule has 0 aliphatic carbocycles. The standard InChI is InChI=1S/C13H23N3O4/c17-12(18)10-20-11-2-7-16(8-3-11)13(19)15-6-1-4-14-5-9-15/h11,14H,1-10H2,(H,17,18). The molecule has 114 valence electrons. The number of urea groups is 1. The van der Waals surface area contributed by atoms with Crippen LogP contribution in [0.3, 0.4) is 0 Å². The van der Waals surface area contributed by atoms with Crippen molar-refractivity contribution in [3.63, 3.8) is 0 Å². The molecule has 0 aromatic heterocycles. The first-order chi connectivity index (χ1) is 9.66. The fourth-order valence-electron chi connectivity index (χ4n) is 2.64. The van der Waals surface area contributed by atoms with E-state index in [1.807, 2.05) is 9.80 Å². The van der Waals surface area contributed by atoms with E-state index < -0.39 is 5.97 Å². The van der Waals surface area contributed by atoms with Crippen LogP contribution in [0.2, 0.25) is 0 Å². The molecule has 2 rings (SSSR count). The van der Waals surface area contributed by atoms with E-state index in [2.05, 4.69) is 5.32 Å². The van der Waals surface area contributed by atoms with Gasteiger partial charge in [0.25, 0.3) is 0 Å². The van der Waals surface area contributed by atoms with Crippen molar-refractivity contribution in [1.29, 1.82) is 0 Å². The lowest BCUT2D eigenvalue weighted by atomic mass is 10.1. The molecule has 0 unspecified atom stereocenters. The number of piperidine rings is 1. The van der Waals surface area contributed by atoms with Crippen molar-refractivity contribution in [2.24, 2.45) is 0 Å². The highest BCUT2D eigenvalue weighted by atomic mass is 16.5.